The van der Waals surface area contributed by atoms with Gasteiger partial charge in [0.1, 0.15) is 5.37 Å². The van der Waals surface area contributed by atoms with Gasteiger partial charge in [-0.05, 0) is 25.1 Å². The maximum absolute atomic E-state index is 12.4. The molecule has 0 saturated carbocycles. The van der Waals surface area contributed by atoms with Gasteiger partial charge in [-0.3, -0.25) is 19.8 Å². The number of fused-ring (bicyclic) bond motifs is 1. The standard InChI is InChI=1S/C17H14N2O5S/c1-10-2-4-11(5-3-10)18-16(20)8-25-17(18)12-6-14-15(24-9-23-14)7-13(12)19(21)22/h2-7,17H,8-9H2,1H3/t17-/m0/s1. The highest BCUT2D eigenvalue weighted by Crippen LogP contribution is 2.48. The normalized spacial score (nSPS) is 18.7. The molecule has 2 aromatic rings. The Labute approximate surface area is 147 Å². The molecule has 8 heteroatoms. The number of carbonyl (C=O) groups is 1. The molecular weight excluding hydrogens is 344 g/mol. The summed E-state index contributed by atoms with van der Waals surface area (Å²) in [5, 5.41) is 11.1. The number of hydrogen-bond donors (Lipinski definition) is 0. The Hall–Kier alpha value is -2.74. The summed E-state index contributed by atoms with van der Waals surface area (Å²) in [7, 11) is 0. The fraction of sp³-hybridized carbons (Fsp3) is 0.235. The number of rotatable bonds is 3. The number of carbonyl (C=O) groups excluding carboxylic acids is 1. The van der Waals surface area contributed by atoms with Crippen LogP contribution in [0.1, 0.15) is 16.5 Å². The van der Waals surface area contributed by atoms with E-state index in [4.69, 9.17) is 9.47 Å². The molecule has 7 nitrogen and oxygen atoms in total. The SMILES string of the molecule is Cc1ccc(N2C(=O)CS[C@H]2c2cc3c(cc2[N+](=O)[O-])OCO3)cc1. The van der Waals surface area contributed by atoms with Crippen LogP contribution in [0, 0.1) is 17.0 Å². The van der Waals surface area contributed by atoms with Gasteiger partial charge in [0.2, 0.25) is 12.7 Å². The van der Waals surface area contributed by atoms with E-state index in [0.29, 0.717) is 17.1 Å². The summed E-state index contributed by atoms with van der Waals surface area (Å²) in [5.41, 5.74) is 2.16. The summed E-state index contributed by atoms with van der Waals surface area (Å²) in [6.45, 7) is 2.00. The Bertz CT molecular complexity index is 868. The van der Waals surface area contributed by atoms with Crippen molar-refractivity contribution in [1.82, 2.24) is 0 Å². The van der Waals surface area contributed by atoms with Gasteiger partial charge in [0, 0.05) is 5.69 Å². The van der Waals surface area contributed by atoms with Crippen molar-refractivity contribution in [3.63, 3.8) is 0 Å². The first-order valence-electron chi connectivity index (χ1n) is 7.63. The molecule has 0 N–H and O–H groups in total. The first kappa shape index (κ1) is 15.8. The highest BCUT2D eigenvalue weighted by atomic mass is 32.2. The minimum absolute atomic E-state index is 0.0361. The number of hydrogen-bond acceptors (Lipinski definition) is 6. The number of aryl methyl sites for hydroxylation is 1. The molecule has 25 heavy (non-hydrogen) atoms. The molecule has 1 saturated heterocycles. The lowest BCUT2D eigenvalue weighted by molar-refractivity contribution is -0.385. The van der Waals surface area contributed by atoms with Crippen LogP contribution in [0.25, 0.3) is 0 Å². The molecule has 1 fully saturated rings. The molecule has 4 rings (SSSR count). The van der Waals surface area contributed by atoms with E-state index < -0.39 is 10.3 Å². The van der Waals surface area contributed by atoms with Crippen molar-refractivity contribution in [2.75, 3.05) is 17.4 Å². The fourth-order valence-corrected chi connectivity index (χ4v) is 4.14. The van der Waals surface area contributed by atoms with Crippen molar-refractivity contribution < 1.29 is 19.2 Å². The summed E-state index contributed by atoms with van der Waals surface area (Å²) >= 11 is 1.36. The van der Waals surface area contributed by atoms with Crippen molar-refractivity contribution in [2.24, 2.45) is 0 Å². The molecule has 128 valence electrons. The molecule has 0 bridgehead atoms. The average molecular weight is 358 g/mol. The van der Waals surface area contributed by atoms with Crippen molar-refractivity contribution in [3.8, 4) is 11.5 Å². The molecule has 2 aromatic carbocycles. The predicted octanol–water partition coefficient (Wildman–Crippen LogP) is 3.41. The first-order chi connectivity index (χ1) is 12.0. The molecular formula is C17H14N2O5S. The van der Waals surface area contributed by atoms with Gasteiger partial charge in [-0.1, -0.05) is 17.7 Å². The lowest BCUT2D eigenvalue weighted by Gasteiger charge is -2.24. The zero-order valence-corrected chi connectivity index (χ0v) is 14.1. The molecule has 2 aliphatic heterocycles. The number of nitro benzene ring substituents is 1. The maximum Gasteiger partial charge on any atom is 0.279 e. The fourth-order valence-electron chi connectivity index (χ4n) is 2.94. The van der Waals surface area contributed by atoms with Crippen LogP contribution in [0.3, 0.4) is 0 Å². The minimum atomic E-state index is -0.481. The lowest BCUT2D eigenvalue weighted by atomic mass is 10.1. The number of ether oxygens (including phenoxy) is 2. The van der Waals surface area contributed by atoms with Crippen LogP contribution >= 0.6 is 11.8 Å². The third kappa shape index (κ3) is 2.68. The Balaban J connectivity index is 1.81. The number of benzene rings is 2. The Kier molecular flexibility index (Phi) is 3.76. The Morgan fingerprint density at radius 3 is 2.56 bits per heavy atom. The summed E-state index contributed by atoms with van der Waals surface area (Å²) in [6, 6.07) is 10.5. The molecule has 0 aliphatic carbocycles. The second-order valence-corrected chi connectivity index (χ2v) is 6.85. The van der Waals surface area contributed by atoms with Crippen molar-refractivity contribution in [3.05, 3.63) is 57.6 Å². The Morgan fingerprint density at radius 1 is 1.20 bits per heavy atom. The number of nitro groups is 1. The van der Waals surface area contributed by atoms with E-state index in [0.717, 1.165) is 11.3 Å². The van der Waals surface area contributed by atoms with Gasteiger partial charge < -0.3 is 9.47 Å². The van der Waals surface area contributed by atoms with E-state index in [1.54, 1.807) is 11.0 Å². The molecule has 2 aliphatic rings. The van der Waals surface area contributed by atoms with E-state index >= 15 is 0 Å². The molecule has 1 amide bonds. The van der Waals surface area contributed by atoms with E-state index in [1.165, 1.54) is 17.8 Å². The topological polar surface area (TPSA) is 81.9 Å². The van der Waals surface area contributed by atoms with Gasteiger partial charge in [0.15, 0.2) is 11.5 Å². The van der Waals surface area contributed by atoms with Crippen LogP contribution in [0.5, 0.6) is 11.5 Å². The number of anilines is 1. The molecule has 1 atom stereocenters. The van der Waals surface area contributed by atoms with E-state index in [1.807, 2.05) is 31.2 Å². The summed E-state index contributed by atoms with van der Waals surface area (Å²) in [5.74, 6) is 1.01. The smallest absolute Gasteiger partial charge is 0.279 e. The van der Waals surface area contributed by atoms with E-state index in [-0.39, 0.29) is 24.1 Å². The molecule has 2 heterocycles. The monoisotopic (exact) mass is 358 g/mol. The molecule has 0 spiro atoms. The Morgan fingerprint density at radius 2 is 1.88 bits per heavy atom. The third-order valence-corrected chi connectivity index (χ3v) is 5.36. The van der Waals surface area contributed by atoms with Crippen LogP contribution < -0.4 is 14.4 Å². The van der Waals surface area contributed by atoms with Gasteiger partial charge in [0.25, 0.3) is 5.69 Å². The van der Waals surface area contributed by atoms with Crippen LogP contribution in [-0.2, 0) is 4.79 Å². The van der Waals surface area contributed by atoms with Gasteiger partial charge in [-0.15, -0.1) is 11.8 Å². The predicted molar refractivity (Wildman–Crippen MR) is 93.1 cm³/mol. The van der Waals surface area contributed by atoms with Crippen molar-refractivity contribution in [2.45, 2.75) is 12.3 Å². The van der Waals surface area contributed by atoms with Crippen LogP contribution in [-0.4, -0.2) is 23.4 Å². The summed E-state index contributed by atoms with van der Waals surface area (Å²) in [6.07, 6.45) is 0. The van der Waals surface area contributed by atoms with Crippen LogP contribution in [0.2, 0.25) is 0 Å². The van der Waals surface area contributed by atoms with Crippen molar-refractivity contribution >= 4 is 29.0 Å². The average Bonchev–Trinajstić information content (AvgIpc) is 3.20. The lowest BCUT2D eigenvalue weighted by Crippen LogP contribution is -2.28. The van der Waals surface area contributed by atoms with Gasteiger partial charge in [-0.2, -0.15) is 0 Å². The zero-order valence-electron chi connectivity index (χ0n) is 13.3. The van der Waals surface area contributed by atoms with Gasteiger partial charge in [0.05, 0.1) is 22.3 Å². The number of thioether (sulfide) groups is 1. The van der Waals surface area contributed by atoms with Gasteiger partial charge >= 0.3 is 0 Å². The quantitative estimate of drug-likeness (QED) is 0.618. The molecule has 0 aromatic heterocycles. The van der Waals surface area contributed by atoms with Crippen molar-refractivity contribution in [1.29, 1.82) is 0 Å². The summed E-state index contributed by atoms with van der Waals surface area (Å²) in [4.78, 5) is 25.1. The molecule has 0 radical (unpaired) electrons. The highest BCUT2D eigenvalue weighted by Gasteiger charge is 2.39. The van der Waals surface area contributed by atoms with Crippen LogP contribution in [0.4, 0.5) is 11.4 Å². The number of amides is 1. The zero-order chi connectivity index (χ0) is 17.6. The van der Waals surface area contributed by atoms with Gasteiger partial charge in [-0.25, -0.2) is 0 Å². The number of nitrogens with zero attached hydrogens (tertiary/aromatic N) is 2. The molecule has 0 unspecified atom stereocenters. The van der Waals surface area contributed by atoms with E-state index in [2.05, 4.69) is 0 Å². The van der Waals surface area contributed by atoms with Crippen LogP contribution in [0.15, 0.2) is 36.4 Å². The third-order valence-electron chi connectivity index (χ3n) is 4.16. The van der Waals surface area contributed by atoms with E-state index in [9.17, 15) is 14.9 Å². The maximum atomic E-state index is 12.4. The first-order valence-corrected chi connectivity index (χ1v) is 8.68. The summed E-state index contributed by atoms with van der Waals surface area (Å²) < 4.78 is 10.6. The highest BCUT2D eigenvalue weighted by molar-refractivity contribution is 8.00. The largest absolute Gasteiger partial charge is 0.454 e. The minimum Gasteiger partial charge on any atom is -0.454 e. The second-order valence-electron chi connectivity index (χ2n) is 5.78. The second kappa shape index (κ2) is 5.96.